The lowest BCUT2D eigenvalue weighted by Gasteiger charge is -2.72. The van der Waals surface area contributed by atoms with Crippen molar-refractivity contribution in [2.75, 3.05) is 13.2 Å². The molecule has 15 N–H and O–H groups in total. The molecule has 0 unspecified atom stereocenters. The van der Waals surface area contributed by atoms with Crippen molar-refractivity contribution in [2.45, 2.75) is 286 Å². The highest BCUT2D eigenvalue weighted by Gasteiger charge is 2.73. The van der Waals surface area contributed by atoms with Crippen molar-refractivity contribution in [2.24, 2.45) is 50.2 Å². The number of hydrogen-bond donors (Lipinski definition) is 15. The molecule has 0 spiro atoms. The summed E-state index contributed by atoms with van der Waals surface area (Å²) in [6, 6.07) is 0. The van der Waals surface area contributed by atoms with Crippen molar-refractivity contribution < 1.29 is 129 Å². The van der Waals surface area contributed by atoms with Crippen LogP contribution >= 0.6 is 0 Å². The Morgan fingerprint density at radius 3 is 1.65 bits per heavy atom. The van der Waals surface area contributed by atoms with E-state index in [4.69, 9.17) is 47.4 Å². The number of fused-ring (bicyclic) bond motifs is 7. The molecule has 0 aromatic carbocycles. The summed E-state index contributed by atoms with van der Waals surface area (Å²) < 4.78 is 59.6. The molecule has 85 heavy (non-hydrogen) atoms. The number of carbonyl (C=O) groups is 1. The lowest BCUT2D eigenvalue weighted by molar-refractivity contribution is -0.380. The first kappa shape index (κ1) is 66.2. The summed E-state index contributed by atoms with van der Waals surface area (Å²) in [4.78, 5) is 15.5. The minimum absolute atomic E-state index is 0.113. The molecule has 10 rings (SSSR count). The Labute approximate surface area is 494 Å². The number of aliphatic hydroxyl groups excluding tert-OH is 15. The van der Waals surface area contributed by atoms with Crippen molar-refractivity contribution in [3.05, 3.63) is 11.6 Å². The van der Waals surface area contributed by atoms with Crippen LogP contribution in [0.5, 0.6) is 0 Å². The molecule has 0 amide bonds. The van der Waals surface area contributed by atoms with Gasteiger partial charge in [-0.1, -0.05) is 53.2 Å². The fourth-order valence-electron chi connectivity index (χ4n) is 17.8. The van der Waals surface area contributed by atoms with Crippen LogP contribution in [0.2, 0.25) is 0 Å². The minimum atomic E-state index is -1.98. The number of esters is 1. The standard InChI is InChI=1S/C59H96O26/c1-22-33(64)36(67)40(71)49(77-22)82-45-29(62)20-76-48(43(45)74)81-44-25(4)80-50(42(73)39(44)70)83-46-38(69)35(66)24(3)79-52(46)85-53(75)59-16-15-54(5,6)17-27(59)26-11-12-31-55(7)18-28(61)47(84-51-41(72)37(68)34(65)23(2)78-51)56(8,21-60)30(55)13-14-57(31,9)58(26,10)19-32(59)63/h11,22-25,27-52,60-74H,12-21H2,1-10H3/t22-,23-,24+,25-,27-,28-,29+,30+,31+,32+,33-,34-,35-,36+,37+,38-,39-,40+,41+,42+,43+,44-,45-,46+,47+,48-,49-,50-,51-,52-,55-,56-,57+,58+,59+/m0/s1. The first-order valence-electron chi connectivity index (χ1n) is 30.5. The van der Waals surface area contributed by atoms with Crippen LogP contribution in [0, 0.1) is 50.2 Å². The van der Waals surface area contributed by atoms with Crippen LogP contribution in [0.4, 0.5) is 0 Å². The van der Waals surface area contributed by atoms with Gasteiger partial charge in [0.05, 0.1) is 55.9 Å². The number of aliphatic hydroxyl groups is 15. The second-order valence-electron chi connectivity index (χ2n) is 28.7. The number of ether oxygens (including phenoxy) is 10. The van der Waals surface area contributed by atoms with Crippen molar-refractivity contribution in [3.8, 4) is 0 Å². The lowest BCUT2D eigenvalue weighted by Crippen LogP contribution is -2.70. The molecule has 9 fully saturated rings. The van der Waals surface area contributed by atoms with Crippen LogP contribution in [-0.4, -0.2) is 262 Å². The molecule has 5 aliphatic heterocycles. The topological polar surface area (TPSA) is 413 Å². The predicted octanol–water partition coefficient (Wildman–Crippen LogP) is -2.55. The minimum Gasteiger partial charge on any atom is -0.432 e. The molecule has 35 atom stereocenters. The van der Waals surface area contributed by atoms with E-state index < -0.39 is 211 Å². The molecule has 488 valence electrons. The summed E-state index contributed by atoms with van der Waals surface area (Å²) in [6.07, 6.45) is -35.2. The van der Waals surface area contributed by atoms with Gasteiger partial charge in [0.15, 0.2) is 31.3 Å². The number of carbonyl (C=O) groups excluding carboxylic acids is 1. The van der Waals surface area contributed by atoms with Crippen LogP contribution in [0.15, 0.2) is 11.6 Å². The first-order valence-corrected chi connectivity index (χ1v) is 30.5. The Morgan fingerprint density at radius 1 is 0.529 bits per heavy atom. The summed E-state index contributed by atoms with van der Waals surface area (Å²) in [5.74, 6) is -1.74. The van der Waals surface area contributed by atoms with Crippen molar-refractivity contribution >= 4 is 5.97 Å². The van der Waals surface area contributed by atoms with E-state index in [9.17, 15) is 76.6 Å². The van der Waals surface area contributed by atoms with Crippen LogP contribution in [0.1, 0.15) is 121 Å². The third kappa shape index (κ3) is 10.7. The summed E-state index contributed by atoms with van der Waals surface area (Å²) in [5, 5.41) is 168. The lowest BCUT2D eigenvalue weighted by atomic mass is 9.33. The Kier molecular flexibility index (Phi) is 18.5. The summed E-state index contributed by atoms with van der Waals surface area (Å²) >= 11 is 0. The van der Waals surface area contributed by atoms with Gasteiger partial charge in [-0.15, -0.1) is 0 Å². The molecular weight excluding hydrogens is 1120 g/mol. The van der Waals surface area contributed by atoms with E-state index in [-0.39, 0.29) is 43.1 Å². The van der Waals surface area contributed by atoms with Crippen molar-refractivity contribution in [1.29, 1.82) is 0 Å². The Bertz CT molecular complexity index is 2400. The fraction of sp³-hybridized carbons (Fsp3) is 0.949. The quantitative estimate of drug-likeness (QED) is 0.0575. The molecule has 0 bridgehead atoms. The van der Waals surface area contributed by atoms with E-state index in [1.807, 2.05) is 6.92 Å². The largest absolute Gasteiger partial charge is 0.432 e. The van der Waals surface area contributed by atoms with Crippen LogP contribution in [0.3, 0.4) is 0 Å². The zero-order chi connectivity index (χ0) is 62.3. The fourth-order valence-corrected chi connectivity index (χ4v) is 17.8. The smallest absolute Gasteiger partial charge is 0.317 e. The van der Waals surface area contributed by atoms with Gasteiger partial charge in [0, 0.05) is 5.41 Å². The molecule has 5 saturated heterocycles. The summed E-state index contributed by atoms with van der Waals surface area (Å²) in [6.45, 7) is 17.6. The number of rotatable bonds is 11. The molecule has 4 saturated carbocycles. The maximum Gasteiger partial charge on any atom is 0.317 e. The van der Waals surface area contributed by atoms with Gasteiger partial charge in [0.1, 0.15) is 90.9 Å². The third-order valence-electron chi connectivity index (χ3n) is 23.1. The zero-order valence-electron chi connectivity index (χ0n) is 50.2. The number of allylic oxidation sites excluding steroid dienone is 2. The van der Waals surface area contributed by atoms with Gasteiger partial charge >= 0.3 is 5.97 Å². The van der Waals surface area contributed by atoms with Gasteiger partial charge < -0.3 is 124 Å². The second kappa shape index (κ2) is 23.7. The average molecular weight is 1220 g/mol. The highest BCUT2D eigenvalue weighted by molar-refractivity contribution is 5.80. The van der Waals surface area contributed by atoms with Crippen LogP contribution < -0.4 is 0 Å². The molecule has 0 radical (unpaired) electrons. The van der Waals surface area contributed by atoms with E-state index in [1.165, 1.54) is 20.8 Å². The number of hydrogen-bond acceptors (Lipinski definition) is 26. The predicted molar refractivity (Wildman–Crippen MR) is 288 cm³/mol. The average Bonchev–Trinajstić information content (AvgIpc) is 0.676. The summed E-state index contributed by atoms with van der Waals surface area (Å²) in [5.41, 5.74) is -3.80. The Morgan fingerprint density at radius 2 is 1.05 bits per heavy atom. The maximum atomic E-state index is 15.5. The highest BCUT2D eigenvalue weighted by Crippen LogP contribution is 2.76. The van der Waals surface area contributed by atoms with E-state index in [1.54, 1.807) is 6.92 Å². The monoisotopic (exact) mass is 1220 g/mol. The van der Waals surface area contributed by atoms with Gasteiger partial charge in [-0.3, -0.25) is 4.79 Å². The molecule has 26 nitrogen and oxygen atoms in total. The third-order valence-corrected chi connectivity index (χ3v) is 23.1. The Balaban J connectivity index is 0.865. The Hall–Kier alpha value is -1.75. The van der Waals surface area contributed by atoms with Crippen LogP contribution in [0.25, 0.3) is 0 Å². The van der Waals surface area contributed by atoms with Crippen molar-refractivity contribution in [3.63, 3.8) is 0 Å². The summed E-state index contributed by atoms with van der Waals surface area (Å²) in [7, 11) is 0. The first-order chi connectivity index (χ1) is 39.6. The van der Waals surface area contributed by atoms with E-state index in [0.717, 1.165) is 5.57 Å². The SMILES string of the molecule is C[C@@H]1O[C@@H](O[C@@H]2[C@@H](O)[C@H](O[C@@H]3[C@@H](O)[C@@H](O)[C@H](O[C@H]4[C@H](OC(=O)[C@]56CCC(C)(C)C[C@H]5C5=CC[C@@H]7[C@@]8(C)C[C@H](O)[C@@H](O[C@@H]9O[C@@H](C)[C@H](O)[C@@H](O)[C@H]9O)[C@@](C)(CO)[C@@H]8CC[C@@]7(C)[C@]5(C)C[C@H]6O)O[C@H](C)[C@H](O)[C@@H]4O)O[C@H]3C)OC[C@H]2O)[C@H](O)[C@H](O)[C@H]1O. The van der Waals surface area contributed by atoms with Gasteiger partial charge in [-0.05, 0) is 118 Å². The maximum absolute atomic E-state index is 15.5. The molecule has 0 aromatic heterocycles. The van der Waals surface area contributed by atoms with Gasteiger partial charge in [-0.25, -0.2) is 0 Å². The van der Waals surface area contributed by atoms with Gasteiger partial charge in [0.25, 0.3) is 0 Å². The zero-order valence-corrected chi connectivity index (χ0v) is 50.2. The van der Waals surface area contributed by atoms with Crippen LogP contribution in [-0.2, 0) is 52.2 Å². The normalized spacial score (nSPS) is 57.0. The highest BCUT2D eigenvalue weighted by atomic mass is 16.8. The molecular formula is C59H96O26. The van der Waals surface area contributed by atoms with E-state index >= 15 is 4.79 Å². The van der Waals surface area contributed by atoms with E-state index in [0.29, 0.717) is 32.1 Å². The molecule has 0 aromatic rings. The van der Waals surface area contributed by atoms with Crippen molar-refractivity contribution in [1.82, 2.24) is 0 Å². The second-order valence-corrected chi connectivity index (χ2v) is 28.7. The molecule has 5 heterocycles. The van der Waals surface area contributed by atoms with E-state index in [2.05, 4.69) is 40.7 Å². The van der Waals surface area contributed by atoms with Gasteiger partial charge in [-0.2, -0.15) is 0 Å². The molecule has 10 aliphatic rings. The molecule has 5 aliphatic carbocycles. The molecule has 26 heteroatoms. The van der Waals surface area contributed by atoms with Gasteiger partial charge in [0.2, 0.25) is 6.29 Å².